The Balaban J connectivity index is 1.52. The summed E-state index contributed by atoms with van der Waals surface area (Å²) >= 11 is 0. The Morgan fingerprint density at radius 1 is 1.40 bits per heavy atom. The highest BCUT2D eigenvalue weighted by Crippen LogP contribution is 2.56. The minimum atomic E-state index is -4.20. The van der Waals surface area contributed by atoms with Crippen molar-refractivity contribution < 1.29 is 22.4 Å². The van der Waals surface area contributed by atoms with Crippen LogP contribution in [0.2, 0.25) is 0 Å². The predicted molar refractivity (Wildman–Crippen MR) is 82.6 cm³/mol. The van der Waals surface area contributed by atoms with Crippen LogP contribution >= 0.6 is 0 Å². The molecular weight excluding hydrogens is 335 g/mol. The number of halogens is 3. The zero-order valence-corrected chi connectivity index (χ0v) is 13.5. The molecule has 2 aromatic heterocycles. The zero-order valence-electron chi connectivity index (χ0n) is 13.5. The topological polar surface area (TPSA) is 62.1 Å². The Kier molecular flexibility index (Phi) is 3.66. The second-order valence-electron chi connectivity index (χ2n) is 6.97. The number of hydrogen-bond acceptors (Lipinski definition) is 3. The third-order valence-electron chi connectivity index (χ3n) is 5.55. The number of rotatable bonds is 2. The number of aromatic nitrogens is 2. The summed E-state index contributed by atoms with van der Waals surface area (Å²) in [5.74, 6) is -1.09. The first-order valence-electron chi connectivity index (χ1n) is 8.34. The van der Waals surface area contributed by atoms with Gasteiger partial charge in [0, 0.05) is 19.2 Å². The van der Waals surface area contributed by atoms with Crippen molar-refractivity contribution in [1.82, 2.24) is 15.1 Å². The van der Waals surface area contributed by atoms with Crippen LogP contribution in [0, 0.1) is 11.3 Å². The summed E-state index contributed by atoms with van der Waals surface area (Å²) in [5.41, 5.74) is -0.0463. The minimum absolute atomic E-state index is 0.0370. The number of amides is 1. The number of carbonyl (C=O) groups excluding carboxylic acids is 1. The molecule has 1 amide bonds. The van der Waals surface area contributed by atoms with E-state index in [-0.39, 0.29) is 31.1 Å². The molecule has 2 fully saturated rings. The number of nitrogens with zero attached hydrogens (tertiary/aromatic N) is 2. The Morgan fingerprint density at radius 2 is 2.20 bits per heavy atom. The summed E-state index contributed by atoms with van der Waals surface area (Å²) in [6.45, 7) is 0.257. The third-order valence-corrected chi connectivity index (χ3v) is 5.55. The van der Waals surface area contributed by atoms with Crippen LogP contribution in [0.1, 0.15) is 36.2 Å². The summed E-state index contributed by atoms with van der Waals surface area (Å²) in [5, 5.41) is 6.75. The molecule has 1 spiro atoms. The maximum absolute atomic E-state index is 13.3. The fraction of sp³-hybridized carbons (Fsp3) is 0.529. The molecule has 1 aliphatic carbocycles. The smallest absolute Gasteiger partial charge is 0.392 e. The van der Waals surface area contributed by atoms with Crippen molar-refractivity contribution in [2.75, 3.05) is 13.1 Å². The molecule has 2 aromatic rings. The number of alkyl halides is 3. The molecule has 1 N–H and O–H groups in total. The van der Waals surface area contributed by atoms with Gasteiger partial charge < -0.3 is 9.32 Å². The monoisotopic (exact) mass is 353 g/mol. The van der Waals surface area contributed by atoms with Crippen molar-refractivity contribution in [1.29, 1.82) is 0 Å². The highest BCUT2D eigenvalue weighted by atomic mass is 19.4. The van der Waals surface area contributed by atoms with Gasteiger partial charge in [-0.05, 0) is 36.8 Å². The van der Waals surface area contributed by atoms with Crippen LogP contribution < -0.4 is 0 Å². The predicted octanol–water partition coefficient (Wildman–Crippen LogP) is 3.86. The molecule has 0 aromatic carbocycles. The first-order chi connectivity index (χ1) is 11.9. The minimum Gasteiger partial charge on any atom is -0.463 e. The van der Waals surface area contributed by atoms with Gasteiger partial charge in [0.05, 0.1) is 12.2 Å². The molecule has 0 bridgehead atoms. The lowest BCUT2D eigenvalue weighted by Crippen LogP contribution is -2.57. The maximum atomic E-state index is 13.3. The lowest BCUT2D eigenvalue weighted by atomic mass is 9.58. The van der Waals surface area contributed by atoms with Crippen LogP contribution in [0.4, 0.5) is 13.2 Å². The van der Waals surface area contributed by atoms with Gasteiger partial charge in [-0.3, -0.25) is 9.89 Å². The van der Waals surface area contributed by atoms with Gasteiger partial charge in [0.2, 0.25) is 0 Å². The fourth-order valence-corrected chi connectivity index (χ4v) is 4.13. The Morgan fingerprint density at radius 3 is 2.80 bits per heavy atom. The second kappa shape index (κ2) is 5.64. The molecule has 1 atom stereocenters. The van der Waals surface area contributed by atoms with Gasteiger partial charge in [0.1, 0.15) is 5.69 Å². The Labute approximate surface area is 142 Å². The molecular formula is C17H18F3N3O2. The average molecular weight is 353 g/mol. The largest absolute Gasteiger partial charge is 0.463 e. The van der Waals surface area contributed by atoms with Crippen molar-refractivity contribution in [3.05, 3.63) is 30.2 Å². The first kappa shape index (κ1) is 16.2. The van der Waals surface area contributed by atoms with E-state index in [1.807, 2.05) is 0 Å². The van der Waals surface area contributed by atoms with E-state index in [0.717, 1.165) is 6.42 Å². The van der Waals surface area contributed by atoms with Gasteiger partial charge in [0.25, 0.3) is 5.91 Å². The van der Waals surface area contributed by atoms with E-state index in [9.17, 15) is 18.0 Å². The zero-order chi connectivity index (χ0) is 17.7. The molecule has 1 unspecified atom stereocenters. The van der Waals surface area contributed by atoms with Crippen LogP contribution in [-0.4, -0.2) is 40.3 Å². The van der Waals surface area contributed by atoms with Crippen molar-refractivity contribution >= 4 is 5.91 Å². The van der Waals surface area contributed by atoms with E-state index in [2.05, 4.69) is 10.2 Å². The molecule has 134 valence electrons. The van der Waals surface area contributed by atoms with Crippen LogP contribution in [0.5, 0.6) is 0 Å². The lowest BCUT2D eigenvalue weighted by Gasteiger charge is -2.54. The molecule has 3 heterocycles. The summed E-state index contributed by atoms with van der Waals surface area (Å²) < 4.78 is 45.3. The summed E-state index contributed by atoms with van der Waals surface area (Å²) in [7, 11) is 0. The average Bonchev–Trinajstić information content (AvgIpc) is 3.22. The summed E-state index contributed by atoms with van der Waals surface area (Å²) in [6.07, 6.45) is -0.878. The van der Waals surface area contributed by atoms with E-state index in [4.69, 9.17) is 4.42 Å². The molecule has 25 heavy (non-hydrogen) atoms. The highest BCUT2D eigenvalue weighted by molar-refractivity contribution is 5.93. The standard InChI is InChI=1S/C17H18F3N3O2/c18-17(19,20)14-4-7-23(10-16(14)5-2-6-16)15(24)12-9-11(21-22-12)13-3-1-8-25-13/h1,3,8-9,14H,2,4-7,10H2,(H,21,22). The number of likely N-dealkylation sites (tertiary alicyclic amines) is 1. The summed E-state index contributed by atoms with van der Waals surface area (Å²) in [4.78, 5) is 14.2. The van der Waals surface area contributed by atoms with E-state index in [1.165, 1.54) is 11.2 Å². The van der Waals surface area contributed by atoms with Gasteiger partial charge in [0.15, 0.2) is 11.5 Å². The van der Waals surface area contributed by atoms with Gasteiger partial charge in [-0.2, -0.15) is 18.3 Å². The lowest BCUT2D eigenvalue weighted by molar-refractivity contribution is -0.235. The number of hydrogen-bond donors (Lipinski definition) is 1. The number of piperidine rings is 1. The SMILES string of the molecule is O=C(c1cc(-c2ccco2)[nH]n1)N1CCC(C(F)(F)F)C2(CCC2)C1. The van der Waals surface area contributed by atoms with E-state index in [0.29, 0.717) is 24.3 Å². The molecule has 2 aliphatic rings. The second-order valence-corrected chi connectivity index (χ2v) is 6.97. The number of H-pyrrole nitrogens is 1. The molecule has 1 saturated heterocycles. The van der Waals surface area contributed by atoms with Gasteiger partial charge >= 0.3 is 6.18 Å². The van der Waals surface area contributed by atoms with Gasteiger partial charge in [-0.1, -0.05) is 6.42 Å². The van der Waals surface area contributed by atoms with E-state index >= 15 is 0 Å². The summed E-state index contributed by atoms with van der Waals surface area (Å²) in [6, 6.07) is 5.03. The molecule has 4 rings (SSSR count). The van der Waals surface area contributed by atoms with Crippen LogP contribution in [-0.2, 0) is 0 Å². The normalized spacial score (nSPS) is 22.8. The van der Waals surface area contributed by atoms with Crippen LogP contribution in [0.25, 0.3) is 11.5 Å². The Hall–Kier alpha value is -2.25. The van der Waals surface area contributed by atoms with Crippen molar-refractivity contribution in [3.8, 4) is 11.5 Å². The van der Waals surface area contributed by atoms with Crippen molar-refractivity contribution in [2.24, 2.45) is 11.3 Å². The van der Waals surface area contributed by atoms with Gasteiger partial charge in [-0.15, -0.1) is 0 Å². The Bertz CT molecular complexity index is 762. The molecule has 0 radical (unpaired) electrons. The van der Waals surface area contributed by atoms with Crippen LogP contribution in [0.15, 0.2) is 28.9 Å². The molecule has 1 aliphatic heterocycles. The number of furan rings is 1. The first-order valence-corrected chi connectivity index (χ1v) is 8.34. The maximum Gasteiger partial charge on any atom is 0.392 e. The van der Waals surface area contributed by atoms with Crippen LogP contribution in [0.3, 0.4) is 0 Å². The number of aromatic amines is 1. The van der Waals surface area contributed by atoms with E-state index in [1.54, 1.807) is 18.2 Å². The quantitative estimate of drug-likeness (QED) is 0.892. The van der Waals surface area contributed by atoms with E-state index < -0.39 is 17.5 Å². The van der Waals surface area contributed by atoms with Gasteiger partial charge in [-0.25, -0.2) is 0 Å². The number of nitrogens with one attached hydrogen (secondary N) is 1. The molecule has 5 nitrogen and oxygen atoms in total. The van der Waals surface area contributed by atoms with Crippen molar-refractivity contribution in [3.63, 3.8) is 0 Å². The third kappa shape index (κ3) is 2.73. The molecule has 1 saturated carbocycles. The molecule has 8 heteroatoms. The van der Waals surface area contributed by atoms with Crippen molar-refractivity contribution in [2.45, 2.75) is 31.9 Å². The number of carbonyl (C=O) groups is 1. The fourth-order valence-electron chi connectivity index (χ4n) is 4.13. The highest BCUT2D eigenvalue weighted by Gasteiger charge is 2.58.